The molecule has 3 heterocycles. The Morgan fingerprint density at radius 3 is 2.78 bits per heavy atom. The maximum absolute atomic E-state index is 13.0. The summed E-state index contributed by atoms with van der Waals surface area (Å²) >= 11 is 0. The number of amides is 1. The van der Waals surface area contributed by atoms with Gasteiger partial charge in [0.05, 0.1) is 18.1 Å². The topological polar surface area (TPSA) is 72.5 Å². The van der Waals surface area contributed by atoms with Gasteiger partial charge in [0.2, 0.25) is 5.91 Å². The van der Waals surface area contributed by atoms with Crippen molar-refractivity contribution in [3.63, 3.8) is 0 Å². The van der Waals surface area contributed by atoms with Crippen LogP contribution in [-0.4, -0.2) is 63.1 Å². The number of aliphatic hydroxyl groups is 1. The zero-order valence-electron chi connectivity index (χ0n) is 13.6. The number of rotatable bonds is 4. The molecule has 0 aromatic carbocycles. The van der Waals surface area contributed by atoms with Crippen molar-refractivity contribution >= 4 is 5.91 Å². The summed E-state index contributed by atoms with van der Waals surface area (Å²) in [5, 5.41) is 10.3. The summed E-state index contributed by atoms with van der Waals surface area (Å²) < 4.78 is 0. The Balaban J connectivity index is 1.40. The van der Waals surface area contributed by atoms with Crippen molar-refractivity contribution in [1.82, 2.24) is 19.8 Å². The third-order valence-electron chi connectivity index (χ3n) is 5.72. The van der Waals surface area contributed by atoms with Gasteiger partial charge in [-0.3, -0.25) is 9.69 Å². The summed E-state index contributed by atoms with van der Waals surface area (Å²) in [7, 11) is 0. The number of H-pyrrole nitrogens is 1. The molecule has 0 radical (unpaired) electrons. The van der Waals surface area contributed by atoms with E-state index in [-0.39, 0.29) is 11.5 Å². The molecule has 4 rings (SSSR count). The first-order chi connectivity index (χ1) is 11.1. The summed E-state index contributed by atoms with van der Waals surface area (Å²) in [6.07, 6.45) is 8.09. The minimum Gasteiger partial charge on any atom is -0.391 e. The number of carbonyl (C=O) groups is 1. The smallest absolute Gasteiger partial charge is 0.229 e. The van der Waals surface area contributed by atoms with Gasteiger partial charge >= 0.3 is 0 Å². The highest BCUT2D eigenvalue weighted by molar-refractivity contribution is 5.84. The van der Waals surface area contributed by atoms with Crippen molar-refractivity contribution < 1.29 is 9.90 Å². The molecule has 3 aliphatic rings. The van der Waals surface area contributed by atoms with Crippen LogP contribution in [0.1, 0.15) is 37.9 Å². The lowest BCUT2D eigenvalue weighted by atomic mass is 9.71. The lowest BCUT2D eigenvalue weighted by Gasteiger charge is -2.48. The number of aromatic amines is 1. The molecule has 1 amide bonds. The fourth-order valence-corrected chi connectivity index (χ4v) is 4.20. The van der Waals surface area contributed by atoms with Gasteiger partial charge in [0.1, 0.15) is 5.82 Å². The fraction of sp³-hybridized carbons (Fsp3) is 0.765. The van der Waals surface area contributed by atoms with Crippen LogP contribution in [0.4, 0.5) is 0 Å². The molecule has 23 heavy (non-hydrogen) atoms. The van der Waals surface area contributed by atoms with Gasteiger partial charge in [0, 0.05) is 25.5 Å². The van der Waals surface area contributed by atoms with E-state index in [9.17, 15) is 9.90 Å². The summed E-state index contributed by atoms with van der Waals surface area (Å²) in [5.41, 5.74) is -0.327. The number of hydrogen-bond acceptors (Lipinski definition) is 4. The Kier molecular flexibility index (Phi) is 3.89. The van der Waals surface area contributed by atoms with Crippen molar-refractivity contribution in [2.24, 2.45) is 11.3 Å². The number of carbonyl (C=O) groups excluding carboxylic acids is 1. The number of aliphatic hydroxyl groups excluding tert-OH is 1. The van der Waals surface area contributed by atoms with Crippen LogP contribution in [0.3, 0.4) is 0 Å². The van der Waals surface area contributed by atoms with Crippen molar-refractivity contribution in [1.29, 1.82) is 0 Å². The van der Waals surface area contributed by atoms with Crippen LogP contribution < -0.4 is 0 Å². The molecule has 6 nitrogen and oxygen atoms in total. The molecule has 1 unspecified atom stereocenters. The van der Waals surface area contributed by atoms with E-state index in [1.807, 2.05) is 11.1 Å². The van der Waals surface area contributed by atoms with E-state index in [4.69, 9.17) is 0 Å². The van der Waals surface area contributed by atoms with Crippen molar-refractivity contribution in [2.45, 2.75) is 44.8 Å². The zero-order chi connectivity index (χ0) is 15.9. The average Bonchev–Trinajstić information content (AvgIpc) is 3.20. The highest BCUT2D eigenvalue weighted by atomic mass is 16.3. The maximum Gasteiger partial charge on any atom is 0.229 e. The third kappa shape index (κ3) is 3.15. The number of nitrogens with zero attached hydrogens (tertiary/aromatic N) is 3. The molecule has 1 aromatic heterocycles. The molecule has 0 bridgehead atoms. The minimum atomic E-state index is -0.358. The number of piperidine rings is 2. The van der Waals surface area contributed by atoms with Crippen LogP contribution in [0.15, 0.2) is 12.4 Å². The summed E-state index contributed by atoms with van der Waals surface area (Å²) in [4.78, 5) is 24.7. The number of hydrogen-bond donors (Lipinski definition) is 2. The van der Waals surface area contributed by atoms with Gasteiger partial charge in [-0.25, -0.2) is 4.98 Å². The predicted molar refractivity (Wildman–Crippen MR) is 85.5 cm³/mol. The van der Waals surface area contributed by atoms with Crippen LogP contribution in [0.2, 0.25) is 0 Å². The first-order valence-corrected chi connectivity index (χ1v) is 8.83. The van der Waals surface area contributed by atoms with Gasteiger partial charge in [-0.05, 0) is 51.1 Å². The second-order valence-corrected chi connectivity index (χ2v) is 7.60. The molecule has 1 spiro atoms. The first-order valence-electron chi connectivity index (χ1n) is 8.83. The Hall–Kier alpha value is -1.40. The Labute approximate surface area is 136 Å². The van der Waals surface area contributed by atoms with Crippen LogP contribution in [-0.2, 0) is 11.3 Å². The quantitative estimate of drug-likeness (QED) is 0.868. The lowest BCUT2D eigenvalue weighted by Crippen LogP contribution is -2.57. The lowest BCUT2D eigenvalue weighted by molar-refractivity contribution is -0.157. The average molecular weight is 318 g/mol. The normalized spacial score (nSPS) is 28.5. The molecule has 3 fully saturated rings. The second kappa shape index (κ2) is 5.91. The highest BCUT2D eigenvalue weighted by Crippen LogP contribution is 2.42. The highest BCUT2D eigenvalue weighted by Gasteiger charge is 2.49. The molecule has 126 valence electrons. The Morgan fingerprint density at radius 2 is 2.13 bits per heavy atom. The van der Waals surface area contributed by atoms with Gasteiger partial charge < -0.3 is 15.0 Å². The molecular formula is C17H26N4O2. The van der Waals surface area contributed by atoms with Crippen molar-refractivity contribution in [3.05, 3.63) is 18.2 Å². The second-order valence-electron chi connectivity index (χ2n) is 7.60. The first kappa shape index (κ1) is 15.1. The van der Waals surface area contributed by atoms with Crippen LogP contribution in [0.25, 0.3) is 0 Å². The van der Waals surface area contributed by atoms with E-state index in [1.165, 1.54) is 12.8 Å². The molecule has 1 saturated carbocycles. The Morgan fingerprint density at radius 1 is 1.35 bits per heavy atom. The van der Waals surface area contributed by atoms with Gasteiger partial charge in [0.15, 0.2) is 0 Å². The molecule has 1 aliphatic carbocycles. The van der Waals surface area contributed by atoms with Crippen molar-refractivity contribution in [3.8, 4) is 0 Å². The molecule has 2 aliphatic heterocycles. The van der Waals surface area contributed by atoms with Crippen LogP contribution in [0.5, 0.6) is 0 Å². The monoisotopic (exact) mass is 318 g/mol. The third-order valence-corrected chi connectivity index (χ3v) is 5.72. The molecule has 2 saturated heterocycles. The Bertz CT molecular complexity index is 545. The SMILES string of the molecule is O=C1N(CC2CC2)CC(O)CC12CCN(Cc1ncc[nH]1)CC2. The standard InChI is InChI=1S/C17H26N4O2/c22-14-9-17(16(23)21(11-14)10-13-1-2-13)3-7-20(8-4-17)12-15-18-5-6-19-15/h5-6,13-14,22H,1-4,7-12H2,(H,18,19). The van der Waals surface area contributed by atoms with E-state index in [0.29, 0.717) is 24.8 Å². The van der Waals surface area contributed by atoms with E-state index in [2.05, 4.69) is 14.9 Å². The van der Waals surface area contributed by atoms with Gasteiger partial charge in [-0.2, -0.15) is 0 Å². The molecular weight excluding hydrogens is 292 g/mol. The molecule has 6 heteroatoms. The number of imidazole rings is 1. The predicted octanol–water partition coefficient (Wildman–Crippen LogP) is 0.995. The van der Waals surface area contributed by atoms with E-state index >= 15 is 0 Å². The largest absolute Gasteiger partial charge is 0.391 e. The summed E-state index contributed by atoms with van der Waals surface area (Å²) in [5.74, 6) is 1.96. The van der Waals surface area contributed by atoms with Crippen LogP contribution >= 0.6 is 0 Å². The number of aromatic nitrogens is 2. The summed E-state index contributed by atoms with van der Waals surface area (Å²) in [6, 6.07) is 0. The van der Waals surface area contributed by atoms with Crippen LogP contribution in [0, 0.1) is 11.3 Å². The van der Waals surface area contributed by atoms with E-state index in [0.717, 1.165) is 44.8 Å². The fourth-order valence-electron chi connectivity index (χ4n) is 4.20. The molecule has 1 atom stereocenters. The maximum atomic E-state index is 13.0. The number of likely N-dealkylation sites (tertiary alicyclic amines) is 2. The van der Waals surface area contributed by atoms with Gasteiger partial charge in [-0.15, -0.1) is 0 Å². The van der Waals surface area contributed by atoms with Gasteiger partial charge in [-0.1, -0.05) is 0 Å². The van der Waals surface area contributed by atoms with E-state index in [1.54, 1.807) is 6.20 Å². The van der Waals surface area contributed by atoms with E-state index < -0.39 is 0 Å². The molecule has 2 N–H and O–H groups in total. The van der Waals surface area contributed by atoms with Gasteiger partial charge in [0.25, 0.3) is 0 Å². The number of β-amino-alcohol motifs (C(OH)–C–C–N with tert-alkyl or cyclic N) is 1. The zero-order valence-corrected chi connectivity index (χ0v) is 13.6. The van der Waals surface area contributed by atoms with Crippen molar-refractivity contribution in [2.75, 3.05) is 26.2 Å². The summed E-state index contributed by atoms with van der Waals surface area (Å²) in [6.45, 7) is 4.00. The minimum absolute atomic E-state index is 0.298. The number of nitrogens with one attached hydrogen (secondary N) is 1. The molecule has 1 aromatic rings.